The molecule has 3 aliphatic rings. The average molecular weight is 574 g/mol. The number of rotatable bonds is 10. The molecule has 6 nitrogen and oxygen atoms in total. The molecular weight excluding hydrogens is 522 g/mol. The van der Waals surface area contributed by atoms with Crippen molar-refractivity contribution < 1.29 is 14.3 Å². The molecule has 0 N–H and O–H groups in total. The van der Waals surface area contributed by atoms with Gasteiger partial charge < -0.3 is 19.4 Å². The van der Waals surface area contributed by atoms with Gasteiger partial charge in [-0.25, -0.2) is 4.79 Å². The second kappa shape index (κ2) is 15.0. The van der Waals surface area contributed by atoms with Gasteiger partial charge in [-0.15, -0.1) is 0 Å². The monoisotopic (exact) mass is 573 g/mol. The third-order valence-electron chi connectivity index (χ3n) is 10.1. The average Bonchev–Trinajstić information content (AvgIpc) is 3.47. The number of benzene rings is 2. The lowest BCUT2D eigenvalue weighted by Crippen LogP contribution is -2.49. The summed E-state index contributed by atoms with van der Waals surface area (Å²) in [4.78, 5) is 33.1. The van der Waals surface area contributed by atoms with Crippen LogP contribution in [0.15, 0.2) is 60.7 Å². The maximum Gasteiger partial charge on any atom is 0.410 e. The highest BCUT2D eigenvalue weighted by molar-refractivity contribution is 5.94. The molecule has 2 amide bonds. The number of nitrogens with zero attached hydrogens (tertiary/aromatic N) is 3. The molecule has 6 heteroatoms. The highest BCUT2D eigenvalue weighted by Crippen LogP contribution is 2.42. The third-order valence-corrected chi connectivity index (χ3v) is 10.1. The lowest BCUT2D eigenvalue weighted by molar-refractivity contribution is 0.0491. The fraction of sp³-hybridized carbons (Fsp3) is 0.611. The summed E-state index contributed by atoms with van der Waals surface area (Å²) in [5.41, 5.74) is 2.14. The van der Waals surface area contributed by atoms with Gasteiger partial charge in [-0.05, 0) is 80.4 Å². The predicted molar refractivity (Wildman–Crippen MR) is 169 cm³/mol. The molecule has 1 heterocycles. The Balaban J connectivity index is 1.18. The van der Waals surface area contributed by atoms with Crippen LogP contribution < -0.4 is 0 Å². The normalized spacial score (nSPS) is 23.9. The molecule has 0 spiro atoms. The number of amides is 2. The minimum Gasteiger partial charge on any atom is -0.449 e. The van der Waals surface area contributed by atoms with Crippen molar-refractivity contribution in [2.45, 2.75) is 89.1 Å². The van der Waals surface area contributed by atoms with Gasteiger partial charge in [0.1, 0.15) is 0 Å². The Labute approximate surface area is 253 Å². The van der Waals surface area contributed by atoms with Gasteiger partial charge in [0.15, 0.2) is 0 Å². The zero-order valence-electron chi connectivity index (χ0n) is 25.8. The fourth-order valence-electron chi connectivity index (χ4n) is 7.71. The van der Waals surface area contributed by atoms with Gasteiger partial charge in [0.25, 0.3) is 5.91 Å². The van der Waals surface area contributed by atoms with Crippen LogP contribution in [0.1, 0.15) is 93.0 Å². The summed E-state index contributed by atoms with van der Waals surface area (Å²) in [5.74, 6) is 1.58. The summed E-state index contributed by atoms with van der Waals surface area (Å²) in [7, 11) is 1.98. The van der Waals surface area contributed by atoms with Gasteiger partial charge in [-0.1, -0.05) is 74.7 Å². The van der Waals surface area contributed by atoms with Crippen molar-refractivity contribution in [3.8, 4) is 0 Å². The van der Waals surface area contributed by atoms with Crippen LogP contribution in [-0.4, -0.2) is 78.6 Å². The Kier molecular flexibility index (Phi) is 11.0. The molecule has 2 aliphatic carbocycles. The van der Waals surface area contributed by atoms with Crippen molar-refractivity contribution in [2.75, 3.05) is 39.8 Å². The van der Waals surface area contributed by atoms with Gasteiger partial charge in [-0.2, -0.15) is 0 Å². The van der Waals surface area contributed by atoms with Gasteiger partial charge in [0, 0.05) is 50.9 Å². The van der Waals surface area contributed by atoms with Crippen molar-refractivity contribution in [2.24, 2.45) is 11.8 Å². The maximum atomic E-state index is 13.3. The quantitative estimate of drug-likeness (QED) is 0.301. The van der Waals surface area contributed by atoms with Crippen molar-refractivity contribution in [1.82, 2.24) is 14.7 Å². The SMILES string of the molecule is CCCN(C(=O)OCC1CCCCC1)C1CCN(C[C@H]2CC(N(C)C(=O)c3ccccc3)C[C@@H]2c2ccccc2)CC1. The highest BCUT2D eigenvalue weighted by Gasteiger charge is 2.40. The summed E-state index contributed by atoms with van der Waals surface area (Å²) >= 11 is 0. The van der Waals surface area contributed by atoms with Crippen LogP contribution in [0.25, 0.3) is 0 Å². The lowest BCUT2D eigenvalue weighted by atomic mass is 9.88. The number of likely N-dealkylation sites (tertiary alicyclic amines) is 1. The zero-order valence-corrected chi connectivity index (χ0v) is 25.8. The second-order valence-electron chi connectivity index (χ2n) is 13.0. The second-order valence-corrected chi connectivity index (χ2v) is 13.0. The van der Waals surface area contributed by atoms with Crippen molar-refractivity contribution in [3.63, 3.8) is 0 Å². The van der Waals surface area contributed by atoms with Crippen molar-refractivity contribution >= 4 is 12.0 Å². The molecule has 2 aromatic carbocycles. The van der Waals surface area contributed by atoms with Crippen LogP contribution in [0.5, 0.6) is 0 Å². The topological polar surface area (TPSA) is 53.1 Å². The third kappa shape index (κ3) is 7.75. The largest absolute Gasteiger partial charge is 0.449 e. The van der Waals surface area contributed by atoms with Crippen LogP contribution in [0.3, 0.4) is 0 Å². The Morgan fingerprint density at radius 2 is 1.52 bits per heavy atom. The van der Waals surface area contributed by atoms with E-state index in [1.54, 1.807) is 0 Å². The van der Waals surface area contributed by atoms with E-state index in [0.29, 0.717) is 24.4 Å². The molecule has 3 fully saturated rings. The van der Waals surface area contributed by atoms with Crippen LogP contribution >= 0.6 is 0 Å². The van der Waals surface area contributed by atoms with E-state index in [1.807, 2.05) is 47.2 Å². The van der Waals surface area contributed by atoms with Crippen LogP contribution in [0.4, 0.5) is 4.79 Å². The van der Waals surface area contributed by atoms with E-state index in [1.165, 1.54) is 37.7 Å². The van der Waals surface area contributed by atoms with Gasteiger partial charge in [0.05, 0.1) is 6.61 Å². The molecule has 3 atom stereocenters. The van der Waals surface area contributed by atoms with E-state index in [9.17, 15) is 9.59 Å². The standard InChI is InChI=1S/C36H51N3O3/c1-3-21-39(36(41)42-27-28-13-7-4-8-14-28)32-19-22-38(23-20-32)26-31-24-33(25-34(31)29-15-9-5-10-16-29)37(2)35(40)30-17-11-6-12-18-30/h5-6,9-12,15-18,28,31-34H,3-4,7-8,13-14,19-27H2,1-2H3/t31-,33?,34-/m1/s1. The summed E-state index contributed by atoms with van der Waals surface area (Å²) in [6.45, 7) is 6.55. The number of hydrogen-bond acceptors (Lipinski definition) is 4. The number of carbonyl (C=O) groups excluding carboxylic acids is 2. The summed E-state index contributed by atoms with van der Waals surface area (Å²) in [5, 5.41) is 0. The van der Waals surface area contributed by atoms with E-state index in [4.69, 9.17) is 4.74 Å². The van der Waals surface area contributed by atoms with E-state index in [2.05, 4.69) is 42.2 Å². The fourth-order valence-corrected chi connectivity index (χ4v) is 7.71. The first kappa shape index (κ1) is 30.6. The van der Waals surface area contributed by atoms with Crippen molar-refractivity contribution in [3.05, 3.63) is 71.8 Å². The Morgan fingerprint density at radius 3 is 2.19 bits per heavy atom. The number of ether oxygens (including phenoxy) is 1. The van der Waals surface area contributed by atoms with E-state index >= 15 is 0 Å². The molecule has 2 aromatic rings. The van der Waals surface area contributed by atoms with Crippen LogP contribution in [0, 0.1) is 11.8 Å². The zero-order chi connectivity index (χ0) is 29.3. The van der Waals surface area contributed by atoms with Gasteiger partial charge in [-0.3, -0.25) is 4.79 Å². The first-order valence-electron chi connectivity index (χ1n) is 16.6. The Hall–Kier alpha value is -2.86. The maximum absolute atomic E-state index is 13.3. The van der Waals surface area contributed by atoms with Crippen molar-refractivity contribution in [1.29, 1.82) is 0 Å². The van der Waals surface area contributed by atoms with E-state index in [-0.39, 0.29) is 24.1 Å². The molecule has 228 valence electrons. The number of carbonyl (C=O) groups is 2. The molecule has 1 saturated heterocycles. The van der Waals surface area contributed by atoms with Gasteiger partial charge >= 0.3 is 6.09 Å². The molecule has 1 aliphatic heterocycles. The predicted octanol–water partition coefficient (Wildman–Crippen LogP) is 7.21. The first-order chi connectivity index (χ1) is 20.5. The number of piperidine rings is 1. The summed E-state index contributed by atoms with van der Waals surface area (Å²) in [6, 6.07) is 21.0. The highest BCUT2D eigenvalue weighted by atomic mass is 16.6. The van der Waals surface area contributed by atoms with Crippen LogP contribution in [-0.2, 0) is 4.74 Å². The van der Waals surface area contributed by atoms with Gasteiger partial charge in [0.2, 0.25) is 0 Å². The first-order valence-corrected chi connectivity index (χ1v) is 16.6. The smallest absolute Gasteiger partial charge is 0.410 e. The Morgan fingerprint density at radius 1 is 0.857 bits per heavy atom. The molecule has 2 saturated carbocycles. The van der Waals surface area contributed by atoms with E-state index < -0.39 is 0 Å². The molecule has 0 radical (unpaired) electrons. The molecule has 42 heavy (non-hydrogen) atoms. The molecule has 5 rings (SSSR count). The summed E-state index contributed by atoms with van der Waals surface area (Å²) in [6.07, 6.45) is 11.1. The molecular formula is C36H51N3O3. The molecule has 1 unspecified atom stereocenters. The minimum absolute atomic E-state index is 0.102. The van der Waals surface area contributed by atoms with Crippen LogP contribution in [0.2, 0.25) is 0 Å². The van der Waals surface area contributed by atoms with E-state index in [0.717, 1.165) is 63.8 Å². The summed E-state index contributed by atoms with van der Waals surface area (Å²) < 4.78 is 5.87. The molecule has 0 bridgehead atoms. The lowest BCUT2D eigenvalue weighted by Gasteiger charge is -2.39. The molecule has 0 aromatic heterocycles. The Bertz CT molecular complexity index is 1110. The minimum atomic E-state index is -0.102. The number of hydrogen-bond donors (Lipinski definition) is 0.